The van der Waals surface area contributed by atoms with Crippen LogP contribution in [-0.4, -0.2) is 19.0 Å². The number of anilines is 1. The molecule has 0 bridgehead atoms. The maximum atomic E-state index is 12.7. The smallest absolute Gasteiger partial charge is 0.337 e. The minimum Gasteiger partial charge on any atom is -0.488 e. The van der Waals surface area contributed by atoms with Gasteiger partial charge >= 0.3 is 5.97 Å². The van der Waals surface area contributed by atoms with Crippen LogP contribution >= 0.6 is 23.2 Å². The van der Waals surface area contributed by atoms with Gasteiger partial charge in [-0.3, -0.25) is 4.79 Å². The summed E-state index contributed by atoms with van der Waals surface area (Å²) < 4.78 is 10.5. The Hall–Kier alpha value is -3.79. The van der Waals surface area contributed by atoms with Crippen LogP contribution in [0, 0.1) is 11.3 Å². The first-order valence-electron chi connectivity index (χ1n) is 9.68. The molecule has 0 unspecified atom stereocenters. The van der Waals surface area contributed by atoms with Gasteiger partial charge in [-0.05, 0) is 54.6 Å². The van der Waals surface area contributed by atoms with E-state index in [2.05, 4.69) is 10.1 Å². The van der Waals surface area contributed by atoms with Gasteiger partial charge < -0.3 is 14.8 Å². The van der Waals surface area contributed by atoms with Gasteiger partial charge in [0.1, 0.15) is 24.0 Å². The van der Waals surface area contributed by atoms with Crippen LogP contribution in [0.3, 0.4) is 0 Å². The summed E-state index contributed by atoms with van der Waals surface area (Å²) in [5, 5.41) is 13.2. The van der Waals surface area contributed by atoms with E-state index in [0.29, 0.717) is 32.6 Å². The lowest BCUT2D eigenvalue weighted by Crippen LogP contribution is -2.13. The number of nitriles is 1. The van der Waals surface area contributed by atoms with Crippen LogP contribution in [0.15, 0.2) is 72.3 Å². The predicted octanol–water partition coefficient (Wildman–Crippen LogP) is 5.90. The van der Waals surface area contributed by atoms with Crippen LogP contribution in [0.5, 0.6) is 5.75 Å². The molecule has 3 rings (SSSR count). The number of amides is 1. The second-order valence-corrected chi connectivity index (χ2v) is 7.60. The van der Waals surface area contributed by atoms with E-state index in [1.54, 1.807) is 24.3 Å². The van der Waals surface area contributed by atoms with E-state index in [9.17, 15) is 14.9 Å². The van der Waals surface area contributed by atoms with E-state index in [0.717, 1.165) is 5.56 Å². The fourth-order valence-corrected chi connectivity index (χ4v) is 3.22. The molecule has 0 saturated carbocycles. The zero-order valence-electron chi connectivity index (χ0n) is 17.5. The molecule has 0 aliphatic carbocycles. The van der Waals surface area contributed by atoms with Crippen LogP contribution in [0.2, 0.25) is 10.0 Å². The van der Waals surface area contributed by atoms with Crippen molar-refractivity contribution in [2.75, 3.05) is 12.4 Å². The highest BCUT2D eigenvalue weighted by Gasteiger charge is 2.13. The maximum Gasteiger partial charge on any atom is 0.337 e. The van der Waals surface area contributed by atoms with E-state index in [1.165, 1.54) is 37.5 Å². The first-order chi connectivity index (χ1) is 15.9. The molecule has 33 heavy (non-hydrogen) atoms. The molecule has 1 N–H and O–H groups in total. The second-order valence-electron chi connectivity index (χ2n) is 6.76. The highest BCUT2D eigenvalue weighted by Crippen LogP contribution is 2.27. The van der Waals surface area contributed by atoms with Gasteiger partial charge in [-0.15, -0.1) is 0 Å². The SMILES string of the molecule is COC(=O)c1ccc(NC(=O)/C(C#N)=C/c2cc(Cl)ccc2OCc2ccccc2Cl)cc1. The number of hydrogen-bond donors (Lipinski definition) is 1. The van der Waals surface area contributed by atoms with Crippen LogP contribution in [0.4, 0.5) is 5.69 Å². The number of hydrogen-bond acceptors (Lipinski definition) is 5. The monoisotopic (exact) mass is 480 g/mol. The molecule has 0 aliphatic heterocycles. The summed E-state index contributed by atoms with van der Waals surface area (Å²) in [7, 11) is 1.28. The summed E-state index contributed by atoms with van der Waals surface area (Å²) in [6.07, 6.45) is 1.39. The van der Waals surface area contributed by atoms with Crippen LogP contribution in [-0.2, 0) is 16.1 Å². The number of esters is 1. The topological polar surface area (TPSA) is 88.4 Å². The Bertz CT molecular complexity index is 1250. The second kappa shape index (κ2) is 11.2. The Morgan fingerprint density at radius 2 is 1.79 bits per heavy atom. The van der Waals surface area contributed by atoms with E-state index in [-0.39, 0.29) is 12.2 Å². The summed E-state index contributed by atoms with van der Waals surface area (Å²) >= 11 is 12.3. The van der Waals surface area contributed by atoms with Gasteiger partial charge in [0.25, 0.3) is 5.91 Å². The Morgan fingerprint density at radius 1 is 1.06 bits per heavy atom. The molecule has 0 saturated heterocycles. The summed E-state index contributed by atoms with van der Waals surface area (Å²) in [5.74, 6) is -0.682. The van der Waals surface area contributed by atoms with Gasteiger partial charge in [0.2, 0.25) is 0 Å². The number of halogens is 2. The predicted molar refractivity (Wildman–Crippen MR) is 127 cm³/mol. The summed E-state index contributed by atoms with van der Waals surface area (Å²) in [5.41, 5.74) is 1.85. The maximum absolute atomic E-state index is 12.7. The highest BCUT2D eigenvalue weighted by atomic mass is 35.5. The summed E-state index contributed by atoms with van der Waals surface area (Å²) in [6, 6.07) is 20.2. The molecule has 0 aromatic heterocycles. The van der Waals surface area contributed by atoms with E-state index < -0.39 is 11.9 Å². The standard InChI is InChI=1S/C25H18Cl2N2O4/c1-32-25(31)16-6-9-21(10-7-16)29-24(30)19(14-28)12-18-13-20(26)8-11-23(18)33-15-17-4-2-3-5-22(17)27/h2-13H,15H2,1H3,(H,29,30)/b19-12+. The summed E-state index contributed by atoms with van der Waals surface area (Å²) in [6.45, 7) is 0.197. The zero-order chi connectivity index (χ0) is 23.8. The molecule has 3 aromatic carbocycles. The Balaban J connectivity index is 1.80. The van der Waals surface area contributed by atoms with Gasteiger partial charge in [-0.1, -0.05) is 41.4 Å². The lowest BCUT2D eigenvalue weighted by atomic mass is 10.1. The van der Waals surface area contributed by atoms with Crippen LogP contribution < -0.4 is 10.1 Å². The van der Waals surface area contributed by atoms with Gasteiger partial charge in [-0.2, -0.15) is 5.26 Å². The minimum absolute atomic E-state index is 0.156. The normalized spacial score (nSPS) is 10.8. The van der Waals surface area contributed by atoms with Crippen molar-refractivity contribution in [1.29, 1.82) is 5.26 Å². The van der Waals surface area contributed by atoms with Gasteiger partial charge in [-0.25, -0.2) is 4.79 Å². The molecule has 0 fully saturated rings. The molecular weight excluding hydrogens is 463 g/mol. The van der Waals surface area contributed by atoms with Crippen molar-refractivity contribution in [1.82, 2.24) is 0 Å². The van der Waals surface area contributed by atoms with Gasteiger partial charge in [0, 0.05) is 26.9 Å². The average molecular weight is 481 g/mol. The zero-order valence-corrected chi connectivity index (χ0v) is 19.0. The van der Waals surface area contributed by atoms with Crippen molar-refractivity contribution in [3.05, 3.63) is 99.0 Å². The lowest BCUT2D eigenvalue weighted by molar-refractivity contribution is -0.112. The number of carbonyl (C=O) groups is 2. The third kappa shape index (κ3) is 6.36. The van der Waals surface area contributed by atoms with E-state index in [4.69, 9.17) is 27.9 Å². The van der Waals surface area contributed by atoms with Crippen LogP contribution in [0.25, 0.3) is 6.08 Å². The number of carbonyl (C=O) groups excluding carboxylic acids is 2. The number of ether oxygens (including phenoxy) is 2. The highest BCUT2D eigenvalue weighted by molar-refractivity contribution is 6.31. The Kier molecular flexibility index (Phi) is 8.09. The molecule has 0 spiro atoms. The van der Waals surface area contributed by atoms with Crippen molar-refractivity contribution in [3.63, 3.8) is 0 Å². The van der Waals surface area contributed by atoms with E-state index in [1.807, 2.05) is 24.3 Å². The molecule has 166 valence electrons. The number of methoxy groups -OCH3 is 1. The molecule has 0 aliphatic rings. The molecule has 0 radical (unpaired) electrons. The lowest BCUT2D eigenvalue weighted by Gasteiger charge is -2.11. The number of nitrogens with zero attached hydrogens (tertiary/aromatic N) is 1. The van der Waals surface area contributed by atoms with Crippen LogP contribution in [0.1, 0.15) is 21.5 Å². The first kappa shape index (κ1) is 23.9. The third-order valence-corrected chi connectivity index (χ3v) is 5.15. The molecule has 0 heterocycles. The molecule has 6 nitrogen and oxygen atoms in total. The van der Waals surface area contributed by atoms with E-state index >= 15 is 0 Å². The van der Waals surface area contributed by atoms with Gasteiger partial charge in [0.15, 0.2) is 0 Å². The average Bonchev–Trinajstić information content (AvgIpc) is 2.82. The third-order valence-electron chi connectivity index (χ3n) is 4.54. The summed E-state index contributed by atoms with van der Waals surface area (Å²) in [4.78, 5) is 24.2. The quantitative estimate of drug-likeness (QED) is 0.258. The van der Waals surface area contributed by atoms with Crippen molar-refractivity contribution in [2.24, 2.45) is 0 Å². The van der Waals surface area contributed by atoms with Crippen molar-refractivity contribution < 1.29 is 19.1 Å². The Labute approximate surface area is 201 Å². The number of rotatable bonds is 7. The van der Waals surface area contributed by atoms with Gasteiger partial charge in [0.05, 0.1) is 12.7 Å². The fourth-order valence-electron chi connectivity index (χ4n) is 2.84. The first-order valence-corrected chi connectivity index (χ1v) is 10.4. The van der Waals surface area contributed by atoms with Crippen molar-refractivity contribution >= 4 is 46.8 Å². The number of nitrogens with one attached hydrogen (secondary N) is 1. The fraction of sp³-hybridized carbons (Fsp3) is 0.0800. The molecule has 8 heteroatoms. The largest absolute Gasteiger partial charge is 0.488 e. The minimum atomic E-state index is -0.625. The molecule has 1 amide bonds. The Morgan fingerprint density at radius 3 is 2.45 bits per heavy atom. The number of benzene rings is 3. The molecule has 3 aromatic rings. The van der Waals surface area contributed by atoms with Crippen molar-refractivity contribution in [2.45, 2.75) is 6.61 Å². The van der Waals surface area contributed by atoms with Crippen molar-refractivity contribution in [3.8, 4) is 11.8 Å². The molecular formula is C25H18Cl2N2O4. The molecule has 0 atom stereocenters.